The minimum atomic E-state index is -0.341. The molecule has 0 bridgehead atoms. The Kier molecular flexibility index (Phi) is 7.88. The molecule has 1 saturated heterocycles. The zero-order valence-electron chi connectivity index (χ0n) is 13.9. The summed E-state index contributed by atoms with van der Waals surface area (Å²) in [4.78, 5) is 27.2. The molecule has 2 amide bonds. The highest BCUT2D eigenvalue weighted by atomic mass is 35.5. The molecule has 0 aliphatic carbocycles. The summed E-state index contributed by atoms with van der Waals surface area (Å²) in [5.74, 6) is 0.816. The third kappa shape index (κ3) is 6.00. The van der Waals surface area contributed by atoms with Crippen molar-refractivity contribution in [3.63, 3.8) is 0 Å². The van der Waals surface area contributed by atoms with Gasteiger partial charge in [0.15, 0.2) is 0 Å². The van der Waals surface area contributed by atoms with E-state index in [1.54, 1.807) is 11.8 Å². The Morgan fingerprint density at radius 2 is 2.17 bits per heavy atom. The van der Waals surface area contributed by atoms with E-state index in [-0.39, 0.29) is 24.3 Å². The van der Waals surface area contributed by atoms with Gasteiger partial charge in [0.1, 0.15) is 0 Å². The number of rotatable bonds is 8. The van der Waals surface area contributed by atoms with Gasteiger partial charge >= 0.3 is 0 Å². The Hall–Kier alpha value is -1.24. The molecule has 7 heteroatoms. The zero-order chi connectivity index (χ0) is 17.4. The number of likely N-dealkylation sites (N-methyl/N-ethyl adjacent to an activating group) is 1. The summed E-state index contributed by atoms with van der Waals surface area (Å²) >= 11 is 7.59. The molecule has 0 saturated carbocycles. The topological polar surface area (TPSA) is 61.4 Å². The lowest BCUT2D eigenvalue weighted by Crippen LogP contribution is -2.56. The summed E-state index contributed by atoms with van der Waals surface area (Å²) < 4.78 is 0. The van der Waals surface area contributed by atoms with Crippen LogP contribution in [0, 0.1) is 0 Å². The van der Waals surface area contributed by atoms with Crippen molar-refractivity contribution in [3.05, 3.63) is 29.3 Å². The number of hydrogen-bond donors (Lipinski definition) is 2. The van der Waals surface area contributed by atoms with E-state index in [1.165, 1.54) is 4.90 Å². The van der Waals surface area contributed by atoms with Gasteiger partial charge < -0.3 is 10.6 Å². The highest BCUT2D eigenvalue weighted by Gasteiger charge is 2.30. The highest BCUT2D eigenvalue weighted by Crippen LogP contribution is 2.20. The van der Waals surface area contributed by atoms with E-state index in [1.807, 2.05) is 31.2 Å². The van der Waals surface area contributed by atoms with Gasteiger partial charge in [0.05, 0.1) is 12.5 Å². The quantitative estimate of drug-likeness (QED) is 0.544. The summed E-state index contributed by atoms with van der Waals surface area (Å²) in [7, 11) is 0. The van der Waals surface area contributed by atoms with Crippen LogP contribution in [0.3, 0.4) is 0 Å². The number of nitrogens with one attached hydrogen (secondary N) is 2. The highest BCUT2D eigenvalue weighted by molar-refractivity contribution is 7.99. The Morgan fingerprint density at radius 1 is 1.42 bits per heavy atom. The van der Waals surface area contributed by atoms with Gasteiger partial charge in [-0.05, 0) is 43.0 Å². The van der Waals surface area contributed by atoms with Crippen molar-refractivity contribution in [2.45, 2.75) is 30.7 Å². The predicted molar refractivity (Wildman–Crippen MR) is 98.5 cm³/mol. The van der Waals surface area contributed by atoms with E-state index in [4.69, 9.17) is 11.6 Å². The first-order valence-corrected chi connectivity index (χ1v) is 9.63. The van der Waals surface area contributed by atoms with Crippen molar-refractivity contribution in [2.24, 2.45) is 0 Å². The van der Waals surface area contributed by atoms with Gasteiger partial charge in [-0.2, -0.15) is 0 Å². The number of hydrogen-bond acceptors (Lipinski definition) is 4. The van der Waals surface area contributed by atoms with E-state index < -0.39 is 0 Å². The molecule has 2 N–H and O–H groups in total. The van der Waals surface area contributed by atoms with E-state index in [0.29, 0.717) is 13.1 Å². The van der Waals surface area contributed by atoms with Gasteiger partial charge in [-0.3, -0.25) is 14.5 Å². The molecule has 5 nitrogen and oxygen atoms in total. The molecule has 2 rings (SSSR count). The second-order valence-electron chi connectivity index (χ2n) is 5.65. The van der Waals surface area contributed by atoms with Gasteiger partial charge in [0, 0.05) is 29.6 Å². The molecular weight excluding hydrogens is 346 g/mol. The van der Waals surface area contributed by atoms with Gasteiger partial charge in [-0.25, -0.2) is 0 Å². The molecule has 1 fully saturated rings. The summed E-state index contributed by atoms with van der Waals surface area (Å²) in [5, 5.41) is 6.47. The van der Waals surface area contributed by atoms with Crippen molar-refractivity contribution in [1.82, 2.24) is 15.5 Å². The summed E-state index contributed by atoms with van der Waals surface area (Å²) in [6.45, 7) is 4.88. The predicted octanol–water partition coefficient (Wildman–Crippen LogP) is 2.15. The Balaban J connectivity index is 1.64. The minimum absolute atomic E-state index is 0.0449. The molecule has 0 aromatic heterocycles. The fourth-order valence-electron chi connectivity index (χ4n) is 2.63. The monoisotopic (exact) mass is 369 g/mol. The third-order valence-corrected chi connectivity index (χ3v) is 5.30. The zero-order valence-corrected chi connectivity index (χ0v) is 15.5. The number of carbonyl (C=O) groups excluding carboxylic acids is 2. The van der Waals surface area contributed by atoms with Crippen LogP contribution >= 0.6 is 23.4 Å². The average Bonchev–Trinajstić information content (AvgIpc) is 2.58. The van der Waals surface area contributed by atoms with Crippen LogP contribution in [0.1, 0.15) is 19.8 Å². The molecular formula is C17H24ClN3O2S. The maximum atomic E-state index is 12.0. The molecule has 1 heterocycles. The number of nitrogens with zero attached hydrogens (tertiary/aromatic N) is 1. The van der Waals surface area contributed by atoms with Crippen LogP contribution in [0.4, 0.5) is 0 Å². The van der Waals surface area contributed by atoms with Crippen LogP contribution < -0.4 is 10.6 Å². The second kappa shape index (κ2) is 9.91. The fourth-order valence-corrected chi connectivity index (χ4v) is 3.61. The van der Waals surface area contributed by atoms with E-state index in [9.17, 15) is 9.59 Å². The van der Waals surface area contributed by atoms with Crippen molar-refractivity contribution in [3.8, 4) is 0 Å². The largest absolute Gasteiger partial charge is 0.356 e. The molecule has 1 aliphatic rings. The second-order valence-corrected chi connectivity index (χ2v) is 7.25. The number of carbonyl (C=O) groups is 2. The Labute approximate surface area is 152 Å². The minimum Gasteiger partial charge on any atom is -0.356 e. The molecule has 132 valence electrons. The molecule has 1 atom stereocenters. The van der Waals surface area contributed by atoms with Crippen molar-refractivity contribution >= 4 is 35.2 Å². The smallest absolute Gasteiger partial charge is 0.237 e. The van der Waals surface area contributed by atoms with Crippen molar-refractivity contribution < 1.29 is 9.59 Å². The first-order valence-electron chi connectivity index (χ1n) is 8.27. The molecule has 0 spiro atoms. The molecule has 1 aromatic carbocycles. The first kappa shape index (κ1) is 19.1. The van der Waals surface area contributed by atoms with E-state index >= 15 is 0 Å². The lowest BCUT2D eigenvalue weighted by molar-refractivity contribution is -0.133. The molecule has 1 aliphatic heterocycles. The summed E-state index contributed by atoms with van der Waals surface area (Å²) in [6.07, 6.45) is 1.11. The number of thioether (sulfide) groups is 1. The number of halogens is 1. The average molecular weight is 370 g/mol. The maximum Gasteiger partial charge on any atom is 0.237 e. The van der Waals surface area contributed by atoms with Crippen molar-refractivity contribution in [1.29, 1.82) is 0 Å². The number of piperazine rings is 1. The van der Waals surface area contributed by atoms with Crippen LogP contribution in [0.25, 0.3) is 0 Å². The van der Waals surface area contributed by atoms with E-state index in [2.05, 4.69) is 15.5 Å². The van der Waals surface area contributed by atoms with E-state index in [0.717, 1.165) is 30.3 Å². The first-order chi connectivity index (χ1) is 11.6. The van der Waals surface area contributed by atoms with Crippen LogP contribution in [-0.2, 0) is 9.59 Å². The molecule has 0 unspecified atom stereocenters. The Morgan fingerprint density at radius 3 is 2.88 bits per heavy atom. The lowest BCUT2D eigenvalue weighted by Gasteiger charge is -2.33. The van der Waals surface area contributed by atoms with Gasteiger partial charge in [-0.1, -0.05) is 18.5 Å². The molecule has 0 radical (unpaired) electrons. The van der Waals surface area contributed by atoms with Crippen LogP contribution in [0.15, 0.2) is 29.2 Å². The fraction of sp³-hybridized carbons (Fsp3) is 0.529. The molecule has 1 aromatic rings. The molecule has 24 heavy (non-hydrogen) atoms. The number of benzene rings is 1. The summed E-state index contributed by atoms with van der Waals surface area (Å²) in [6, 6.07) is 7.40. The standard InChI is InChI=1S/C17H24ClN3O2S/c1-2-21-10-9-20-17(23)15(21)12-16(22)19-8-3-11-24-14-6-4-13(18)5-7-14/h4-7,15H,2-3,8-12H2,1H3,(H,19,22)(H,20,23)/t15-/m0/s1. The Bertz CT molecular complexity index is 553. The van der Waals surface area contributed by atoms with Crippen LogP contribution in [-0.4, -0.2) is 54.7 Å². The van der Waals surface area contributed by atoms with Crippen molar-refractivity contribution in [2.75, 3.05) is 31.9 Å². The number of amides is 2. The van der Waals surface area contributed by atoms with Gasteiger partial charge in [0.2, 0.25) is 11.8 Å². The SMILES string of the molecule is CCN1CCNC(=O)[C@@H]1CC(=O)NCCCSc1ccc(Cl)cc1. The van der Waals surface area contributed by atoms with Crippen LogP contribution in [0.2, 0.25) is 5.02 Å². The van der Waals surface area contributed by atoms with Gasteiger partial charge in [-0.15, -0.1) is 11.8 Å². The maximum absolute atomic E-state index is 12.0. The lowest BCUT2D eigenvalue weighted by atomic mass is 10.1. The summed E-state index contributed by atoms with van der Waals surface area (Å²) in [5.41, 5.74) is 0. The van der Waals surface area contributed by atoms with Crippen LogP contribution in [0.5, 0.6) is 0 Å². The normalized spacial score (nSPS) is 18.2. The third-order valence-electron chi connectivity index (χ3n) is 3.95. The van der Waals surface area contributed by atoms with Gasteiger partial charge in [0.25, 0.3) is 0 Å².